The molecule has 8 heteroatoms. The monoisotopic (exact) mass is 401 g/mol. The Bertz CT molecular complexity index is 1200. The van der Waals surface area contributed by atoms with Crippen LogP contribution in [0.1, 0.15) is 36.5 Å². The number of carbonyl (C=O) groups is 1. The van der Waals surface area contributed by atoms with Gasteiger partial charge in [-0.1, -0.05) is 25.5 Å². The molecule has 0 saturated carbocycles. The fourth-order valence-corrected chi connectivity index (χ4v) is 4.09. The van der Waals surface area contributed by atoms with Crippen molar-refractivity contribution in [2.45, 2.75) is 26.2 Å². The van der Waals surface area contributed by atoms with Crippen molar-refractivity contribution in [3.63, 3.8) is 0 Å². The molecule has 0 bridgehead atoms. The average Bonchev–Trinajstić information content (AvgIpc) is 3.30. The molecule has 1 atom stereocenters. The van der Waals surface area contributed by atoms with E-state index >= 15 is 0 Å². The molecular formula is C22H23N7O. The number of hydrogen-bond acceptors (Lipinski definition) is 6. The predicted octanol–water partition coefficient (Wildman–Crippen LogP) is 3.68. The van der Waals surface area contributed by atoms with E-state index in [2.05, 4.69) is 32.7 Å². The highest BCUT2D eigenvalue weighted by molar-refractivity contribution is 5.94. The molecule has 1 saturated heterocycles. The summed E-state index contributed by atoms with van der Waals surface area (Å²) in [5.74, 6) is 1.29. The van der Waals surface area contributed by atoms with E-state index in [1.54, 1.807) is 4.52 Å². The highest BCUT2D eigenvalue weighted by Gasteiger charge is 2.23. The first kappa shape index (κ1) is 18.5. The normalized spacial score (nSPS) is 16.8. The Morgan fingerprint density at radius 3 is 2.83 bits per heavy atom. The largest absolute Gasteiger partial charge is 0.338 e. The summed E-state index contributed by atoms with van der Waals surface area (Å²) in [6.07, 6.45) is 3.42. The fraction of sp³-hybridized carbons (Fsp3) is 0.318. The molecule has 3 heterocycles. The Morgan fingerprint density at radius 2 is 2.00 bits per heavy atom. The maximum Gasteiger partial charge on any atom is 0.253 e. The minimum atomic E-state index is 0.104. The lowest BCUT2D eigenvalue weighted by molar-refractivity contribution is 0.0671. The summed E-state index contributed by atoms with van der Waals surface area (Å²) >= 11 is 0. The summed E-state index contributed by atoms with van der Waals surface area (Å²) < 4.78 is 1.67. The molecular weight excluding hydrogens is 378 g/mol. The quantitative estimate of drug-likeness (QED) is 0.561. The van der Waals surface area contributed by atoms with Crippen LogP contribution in [0.3, 0.4) is 0 Å². The lowest BCUT2D eigenvalue weighted by Crippen LogP contribution is -2.39. The van der Waals surface area contributed by atoms with E-state index < -0.39 is 0 Å². The first-order valence-electron chi connectivity index (χ1n) is 10.4. The van der Waals surface area contributed by atoms with E-state index in [0.29, 0.717) is 22.9 Å². The summed E-state index contributed by atoms with van der Waals surface area (Å²) in [7, 11) is 0. The third kappa shape index (κ3) is 3.34. The number of nitrogens with one attached hydrogen (secondary N) is 1. The van der Waals surface area contributed by atoms with Crippen LogP contribution in [-0.4, -0.2) is 48.9 Å². The van der Waals surface area contributed by atoms with Gasteiger partial charge in [0.1, 0.15) is 0 Å². The maximum atomic E-state index is 12.9. The number of carbonyl (C=O) groups excluding carboxylic acids is 1. The minimum Gasteiger partial charge on any atom is -0.338 e. The summed E-state index contributed by atoms with van der Waals surface area (Å²) in [5.41, 5.74) is 3.72. The lowest BCUT2D eigenvalue weighted by atomic mass is 9.95. The molecule has 5 rings (SSSR count). The van der Waals surface area contributed by atoms with Crippen molar-refractivity contribution >= 4 is 34.1 Å². The molecule has 152 valence electrons. The second-order valence-electron chi connectivity index (χ2n) is 7.73. The average molecular weight is 401 g/mol. The van der Waals surface area contributed by atoms with Gasteiger partial charge in [0, 0.05) is 24.3 Å². The van der Waals surface area contributed by atoms with Gasteiger partial charge in [-0.3, -0.25) is 4.79 Å². The Hall–Kier alpha value is -3.55. The second kappa shape index (κ2) is 7.70. The Kier molecular flexibility index (Phi) is 4.74. The van der Waals surface area contributed by atoms with Crippen molar-refractivity contribution in [2.24, 2.45) is 5.92 Å². The van der Waals surface area contributed by atoms with Crippen molar-refractivity contribution in [3.8, 4) is 0 Å². The van der Waals surface area contributed by atoms with Gasteiger partial charge in [-0.15, -0.1) is 5.10 Å². The van der Waals surface area contributed by atoms with Gasteiger partial charge >= 0.3 is 0 Å². The zero-order chi connectivity index (χ0) is 20.5. The number of likely N-dealkylation sites (tertiary alicyclic amines) is 1. The molecule has 1 fully saturated rings. The molecule has 2 aromatic carbocycles. The maximum absolute atomic E-state index is 12.9. The van der Waals surface area contributed by atoms with Gasteiger partial charge in [0.05, 0.1) is 11.0 Å². The van der Waals surface area contributed by atoms with Crippen LogP contribution in [0.2, 0.25) is 0 Å². The van der Waals surface area contributed by atoms with E-state index in [4.69, 9.17) is 0 Å². The van der Waals surface area contributed by atoms with E-state index in [1.807, 2.05) is 53.4 Å². The Balaban J connectivity index is 1.39. The number of piperidine rings is 1. The number of fused-ring (bicyclic) bond motifs is 3. The van der Waals surface area contributed by atoms with Crippen molar-refractivity contribution in [3.05, 3.63) is 54.1 Å². The summed E-state index contributed by atoms with van der Waals surface area (Å²) in [6, 6.07) is 15.2. The number of tetrazole rings is 1. The summed E-state index contributed by atoms with van der Waals surface area (Å²) in [6.45, 7) is 3.89. The zero-order valence-electron chi connectivity index (χ0n) is 16.8. The summed E-state index contributed by atoms with van der Waals surface area (Å²) in [4.78, 5) is 19.5. The lowest BCUT2D eigenvalue weighted by Gasteiger charge is -2.32. The molecule has 1 aliphatic rings. The highest BCUT2D eigenvalue weighted by Crippen LogP contribution is 2.24. The molecule has 0 spiro atoms. The molecule has 0 aliphatic carbocycles. The van der Waals surface area contributed by atoms with Gasteiger partial charge in [0.25, 0.3) is 5.91 Å². The standard InChI is InChI=1S/C22H23N7O/c1-2-15-6-5-13-28(14-15)22(30)16-9-11-17(12-10-16)23-20-21-25-26-27-29(21)19-8-4-3-7-18(19)24-20/h3-4,7-12,15H,2,5-6,13-14H2,1H3,(H,23,24). The van der Waals surface area contributed by atoms with E-state index in [-0.39, 0.29) is 5.91 Å². The molecule has 0 radical (unpaired) electrons. The van der Waals surface area contributed by atoms with Crippen LogP contribution in [0, 0.1) is 5.92 Å². The third-order valence-corrected chi connectivity index (χ3v) is 5.80. The number of hydrogen-bond donors (Lipinski definition) is 1. The van der Waals surface area contributed by atoms with E-state index in [1.165, 1.54) is 6.42 Å². The van der Waals surface area contributed by atoms with Gasteiger partial charge in [0.15, 0.2) is 5.82 Å². The van der Waals surface area contributed by atoms with Gasteiger partial charge in [-0.05, 0) is 65.6 Å². The van der Waals surface area contributed by atoms with Gasteiger partial charge in [0.2, 0.25) is 5.65 Å². The van der Waals surface area contributed by atoms with Crippen molar-refractivity contribution < 1.29 is 4.79 Å². The summed E-state index contributed by atoms with van der Waals surface area (Å²) in [5, 5.41) is 15.3. The zero-order valence-corrected chi connectivity index (χ0v) is 16.8. The number of benzene rings is 2. The number of anilines is 2. The number of rotatable bonds is 4. The van der Waals surface area contributed by atoms with Crippen LogP contribution in [0.25, 0.3) is 16.7 Å². The molecule has 4 aromatic rings. The Labute approximate surface area is 173 Å². The minimum absolute atomic E-state index is 0.104. The van der Waals surface area contributed by atoms with Gasteiger partial charge < -0.3 is 10.2 Å². The van der Waals surface area contributed by atoms with Crippen LogP contribution in [0.4, 0.5) is 11.5 Å². The predicted molar refractivity (Wildman–Crippen MR) is 115 cm³/mol. The fourth-order valence-electron chi connectivity index (χ4n) is 4.09. The van der Waals surface area contributed by atoms with Crippen LogP contribution >= 0.6 is 0 Å². The number of para-hydroxylation sites is 2. The van der Waals surface area contributed by atoms with E-state index in [9.17, 15) is 4.79 Å². The number of aromatic nitrogens is 5. The highest BCUT2D eigenvalue weighted by atomic mass is 16.2. The van der Waals surface area contributed by atoms with Crippen LogP contribution in [0.5, 0.6) is 0 Å². The third-order valence-electron chi connectivity index (χ3n) is 5.80. The molecule has 30 heavy (non-hydrogen) atoms. The molecule has 8 nitrogen and oxygen atoms in total. The molecule has 1 amide bonds. The van der Waals surface area contributed by atoms with Crippen LogP contribution < -0.4 is 5.32 Å². The van der Waals surface area contributed by atoms with Crippen molar-refractivity contribution in [1.82, 2.24) is 29.9 Å². The number of nitrogens with zero attached hydrogens (tertiary/aromatic N) is 6. The second-order valence-corrected chi connectivity index (χ2v) is 7.73. The SMILES string of the molecule is CCC1CCCN(C(=O)c2ccc(Nc3nc4ccccc4n4nnnc34)cc2)C1. The first-order chi connectivity index (χ1) is 14.7. The molecule has 2 aromatic heterocycles. The smallest absolute Gasteiger partial charge is 0.253 e. The molecule has 1 N–H and O–H groups in total. The topological polar surface area (TPSA) is 88.3 Å². The van der Waals surface area contributed by atoms with Gasteiger partial charge in [-0.25, -0.2) is 4.98 Å². The van der Waals surface area contributed by atoms with Gasteiger partial charge in [-0.2, -0.15) is 4.52 Å². The van der Waals surface area contributed by atoms with Crippen molar-refractivity contribution in [2.75, 3.05) is 18.4 Å². The van der Waals surface area contributed by atoms with Crippen LogP contribution in [-0.2, 0) is 0 Å². The van der Waals surface area contributed by atoms with Crippen LogP contribution in [0.15, 0.2) is 48.5 Å². The number of amides is 1. The van der Waals surface area contributed by atoms with E-state index in [0.717, 1.165) is 42.7 Å². The Morgan fingerprint density at radius 1 is 1.17 bits per heavy atom. The molecule has 1 aliphatic heterocycles. The molecule has 1 unspecified atom stereocenters. The van der Waals surface area contributed by atoms with Crippen molar-refractivity contribution in [1.29, 1.82) is 0 Å². The first-order valence-corrected chi connectivity index (χ1v) is 10.4.